The van der Waals surface area contributed by atoms with Crippen LogP contribution in [0.3, 0.4) is 0 Å². The molecule has 3 rings (SSSR count). The van der Waals surface area contributed by atoms with Gasteiger partial charge in [-0.2, -0.15) is 0 Å². The van der Waals surface area contributed by atoms with E-state index in [1.54, 1.807) is 31.4 Å². The molecule has 8 heteroatoms. The lowest BCUT2D eigenvalue weighted by Crippen LogP contribution is -2.27. The Hall–Kier alpha value is -2.51. The van der Waals surface area contributed by atoms with Gasteiger partial charge in [-0.1, -0.05) is 37.6 Å². The summed E-state index contributed by atoms with van der Waals surface area (Å²) >= 11 is 6.87. The molecule has 0 aliphatic carbocycles. The second-order valence-electron chi connectivity index (χ2n) is 7.12. The van der Waals surface area contributed by atoms with Crippen molar-refractivity contribution < 1.29 is 23.5 Å². The molecule has 1 fully saturated rings. The van der Waals surface area contributed by atoms with Crippen molar-refractivity contribution >= 4 is 40.6 Å². The monoisotopic (exact) mass is 449 g/mol. The van der Waals surface area contributed by atoms with Gasteiger partial charge in [-0.25, -0.2) is 4.39 Å². The van der Waals surface area contributed by atoms with Gasteiger partial charge in [-0.15, -0.1) is 0 Å². The second kappa shape index (κ2) is 9.53. The third-order valence-electron chi connectivity index (χ3n) is 4.27. The molecule has 0 bridgehead atoms. The summed E-state index contributed by atoms with van der Waals surface area (Å²) in [6.07, 6.45) is 1.63. The molecule has 0 aromatic heterocycles. The van der Waals surface area contributed by atoms with E-state index in [0.29, 0.717) is 35.2 Å². The van der Waals surface area contributed by atoms with Crippen molar-refractivity contribution in [2.24, 2.45) is 5.92 Å². The summed E-state index contributed by atoms with van der Waals surface area (Å²) < 4.78 is 24.4. The van der Waals surface area contributed by atoms with Gasteiger partial charge in [0, 0.05) is 5.02 Å². The van der Waals surface area contributed by atoms with Gasteiger partial charge in [0.25, 0.3) is 11.1 Å². The number of carbonyl (C=O) groups excluding carboxylic acids is 2. The number of hydrogen-bond acceptors (Lipinski definition) is 5. The first-order valence-corrected chi connectivity index (χ1v) is 10.5. The highest BCUT2D eigenvalue weighted by molar-refractivity contribution is 8.18. The Labute approximate surface area is 183 Å². The van der Waals surface area contributed by atoms with Crippen LogP contribution in [0.25, 0.3) is 6.08 Å². The van der Waals surface area contributed by atoms with Crippen molar-refractivity contribution in [2.75, 3.05) is 13.7 Å². The van der Waals surface area contributed by atoms with Gasteiger partial charge in [-0.3, -0.25) is 14.5 Å². The summed E-state index contributed by atoms with van der Waals surface area (Å²) in [4.78, 5) is 26.5. The third kappa shape index (κ3) is 5.15. The smallest absolute Gasteiger partial charge is 0.293 e. The van der Waals surface area contributed by atoms with E-state index in [1.165, 1.54) is 12.1 Å². The summed E-state index contributed by atoms with van der Waals surface area (Å²) in [6, 6.07) is 9.18. The van der Waals surface area contributed by atoms with Crippen LogP contribution in [0.1, 0.15) is 25.0 Å². The summed E-state index contributed by atoms with van der Waals surface area (Å²) in [5.74, 6) is 0.622. The van der Waals surface area contributed by atoms with Crippen LogP contribution in [0, 0.1) is 11.7 Å². The predicted octanol–water partition coefficient (Wildman–Crippen LogP) is 5.76. The van der Waals surface area contributed by atoms with Crippen LogP contribution in [-0.4, -0.2) is 29.8 Å². The van der Waals surface area contributed by atoms with Crippen molar-refractivity contribution in [1.29, 1.82) is 0 Å². The van der Waals surface area contributed by atoms with Crippen LogP contribution >= 0.6 is 23.4 Å². The molecule has 1 aliphatic rings. The van der Waals surface area contributed by atoms with Gasteiger partial charge >= 0.3 is 0 Å². The number of imide groups is 1. The van der Waals surface area contributed by atoms with Crippen LogP contribution in [0.15, 0.2) is 41.3 Å². The maximum Gasteiger partial charge on any atom is 0.293 e. The minimum atomic E-state index is -0.479. The van der Waals surface area contributed by atoms with Gasteiger partial charge < -0.3 is 9.47 Å². The minimum Gasteiger partial charge on any atom is -0.493 e. The van der Waals surface area contributed by atoms with Crippen LogP contribution in [0.2, 0.25) is 5.02 Å². The number of rotatable bonds is 7. The number of halogens is 2. The van der Waals surface area contributed by atoms with Gasteiger partial charge in [-0.05, 0) is 59.1 Å². The van der Waals surface area contributed by atoms with E-state index in [-0.39, 0.29) is 16.5 Å². The molecule has 0 saturated carbocycles. The maximum atomic E-state index is 13.2. The number of amides is 2. The quantitative estimate of drug-likeness (QED) is 0.503. The zero-order valence-electron chi connectivity index (χ0n) is 16.8. The fourth-order valence-electron chi connectivity index (χ4n) is 2.76. The van der Waals surface area contributed by atoms with Crippen LogP contribution < -0.4 is 9.47 Å². The van der Waals surface area contributed by atoms with Crippen LogP contribution in [0.4, 0.5) is 9.18 Å². The second-order valence-corrected chi connectivity index (χ2v) is 8.52. The highest BCUT2D eigenvalue weighted by Gasteiger charge is 2.35. The molecule has 0 radical (unpaired) electrons. The molecule has 158 valence electrons. The third-order valence-corrected chi connectivity index (χ3v) is 5.53. The van der Waals surface area contributed by atoms with E-state index >= 15 is 0 Å². The molecule has 5 nitrogen and oxygen atoms in total. The van der Waals surface area contributed by atoms with E-state index in [1.807, 2.05) is 0 Å². The molecular formula is C22H21ClFNO4S. The fourth-order valence-corrected chi connectivity index (χ4v) is 3.82. The number of nitrogens with zero attached hydrogens (tertiary/aromatic N) is 1. The minimum absolute atomic E-state index is 0.0214. The lowest BCUT2D eigenvalue weighted by atomic mass is 10.1. The van der Waals surface area contributed by atoms with Crippen molar-refractivity contribution in [2.45, 2.75) is 20.4 Å². The number of benzene rings is 2. The first-order chi connectivity index (χ1) is 14.3. The molecule has 2 aromatic carbocycles. The van der Waals surface area contributed by atoms with Crippen LogP contribution in [-0.2, 0) is 11.3 Å². The van der Waals surface area contributed by atoms with E-state index in [9.17, 15) is 14.0 Å². The van der Waals surface area contributed by atoms with E-state index < -0.39 is 17.0 Å². The Bertz CT molecular complexity index is 1010. The molecule has 30 heavy (non-hydrogen) atoms. The van der Waals surface area contributed by atoms with Crippen molar-refractivity contribution in [3.05, 3.63) is 63.3 Å². The Morgan fingerprint density at radius 3 is 2.60 bits per heavy atom. The summed E-state index contributed by atoms with van der Waals surface area (Å²) in [5.41, 5.74) is 1.20. The maximum absolute atomic E-state index is 13.2. The molecule has 2 amide bonds. The summed E-state index contributed by atoms with van der Waals surface area (Å²) in [5, 5.41) is -0.241. The van der Waals surface area contributed by atoms with E-state index in [4.69, 9.17) is 21.1 Å². The standard InChI is InChI=1S/C22H21ClFNO4S/c1-13(2)12-29-18-7-4-14(8-19(18)28-3)9-20-21(26)25(22(27)30-20)11-15-5-6-16(24)10-17(15)23/h4-10,13H,11-12H2,1-3H3/b20-9-. The molecule has 0 N–H and O–H groups in total. The summed E-state index contributed by atoms with van der Waals surface area (Å²) in [6.45, 7) is 4.64. The SMILES string of the molecule is COc1cc(/C=C2\SC(=O)N(Cc3ccc(F)cc3Cl)C2=O)ccc1OCC(C)C. The molecule has 2 aromatic rings. The normalized spacial score (nSPS) is 15.4. The molecule has 1 saturated heterocycles. The first-order valence-electron chi connectivity index (χ1n) is 9.28. The highest BCUT2D eigenvalue weighted by atomic mass is 35.5. The van der Waals surface area contributed by atoms with Gasteiger partial charge in [0.2, 0.25) is 0 Å². The summed E-state index contributed by atoms with van der Waals surface area (Å²) in [7, 11) is 1.54. The zero-order chi connectivity index (χ0) is 21.8. The van der Waals surface area contributed by atoms with Crippen molar-refractivity contribution in [3.63, 3.8) is 0 Å². The first kappa shape index (κ1) is 22.2. The number of hydrogen-bond donors (Lipinski definition) is 0. The lowest BCUT2D eigenvalue weighted by molar-refractivity contribution is -0.123. The molecule has 0 atom stereocenters. The lowest BCUT2D eigenvalue weighted by Gasteiger charge is -2.14. The number of carbonyl (C=O) groups is 2. The van der Waals surface area contributed by atoms with Crippen molar-refractivity contribution in [3.8, 4) is 11.5 Å². The topological polar surface area (TPSA) is 55.8 Å². The number of thioether (sulfide) groups is 1. The van der Waals surface area contributed by atoms with Gasteiger partial charge in [0.15, 0.2) is 11.5 Å². The Balaban J connectivity index is 1.79. The van der Waals surface area contributed by atoms with Crippen molar-refractivity contribution in [1.82, 2.24) is 4.90 Å². The molecular weight excluding hydrogens is 429 g/mol. The zero-order valence-corrected chi connectivity index (χ0v) is 18.3. The molecule has 0 spiro atoms. The Morgan fingerprint density at radius 1 is 1.17 bits per heavy atom. The van der Waals surface area contributed by atoms with Gasteiger partial charge in [0.1, 0.15) is 5.82 Å². The molecule has 1 aliphatic heterocycles. The highest BCUT2D eigenvalue weighted by Crippen LogP contribution is 2.36. The Kier molecular flexibility index (Phi) is 7.05. The molecule has 0 unspecified atom stereocenters. The average molecular weight is 450 g/mol. The number of ether oxygens (including phenoxy) is 2. The number of methoxy groups -OCH3 is 1. The van der Waals surface area contributed by atoms with Gasteiger partial charge in [0.05, 0.1) is 25.2 Å². The Morgan fingerprint density at radius 2 is 1.93 bits per heavy atom. The largest absolute Gasteiger partial charge is 0.493 e. The van der Waals surface area contributed by atoms with Crippen LogP contribution in [0.5, 0.6) is 11.5 Å². The van der Waals surface area contributed by atoms with E-state index in [2.05, 4.69) is 13.8 Å². The molecule has 1 heterocycles. The predicted molar refractivity (Wildman–Crippen MR) is 116 cm³/mol. The average Bonchev–Trinajstić information content (AvgIpc) is 2.96. The fraction of sp³-hybridized carbons (Fsp3) is 0.273. The van der Waals surface area contributed by atoms with E-state index in [0.717, 1.165) is 22.7 Å².